The number of aromatic amines is 1. The summed E-state index contributed by atoms with van der Waals surface area (Å²) in [5.74, 6) is 0.609. The fourth-order valence-corrected chi connectivity index (χ4v) is 2.88. The Bertz CT molecular complexity index is 887. The van der Waals surface area contributed by atoms with E-state index >= 15 is 0 Å². The van der Waals surface area contributed by atoms with Gasteiger partial charge in [-0.25, -0.2) is 0 Å². The Morgan fingerprint density at radius 1 is 1.26 bits per heavy atom. The summed E-state index contributed by atoms with van der Waals surface area (Å²) in [7, 11) is 0. The summed E-state index contributed by atoms with van der Waals surface area (Å²) in [6.07, 6.45) is 3.76. The Hall–Kier alpha value is -2.94. The van der Waals surface area contributed by atoms with Gasteiger partial charge in [0, 0.05) is 11.3 Å². The smallest absolute Gasteiger partial charge is 0.186 e. The van der Waals surface area contributed by atoms with Crippen molar-refractivity contribution in [2.45, 2.75) is 31.7 Å². The highest BCUT2D eigenvalue weighted by Gasteiger charge is 2.22. The molecule has 1 aliphatic carbocycles. The van der Waals surface area contributed by atoms with Gasteiger partial charge in [0.15, 0.2) is 5.69 Å². The quantitative estimate of drug-likeness (QED) is 0.773. The third-order valence-electron chi connectivity index (χ3n) is 4.40. The predicted molar refractivity (Wildman–Crippen MR) is 86.8 cm³/mol. The highest BCUT2D eigenvalue weighted by molar-refractivity contribution is 5.92. The Balaban J connectivity index is 1.59. The number of nitrogens with one attached hydrogen (secondary N) is 2. The van der Waals surface area contributed by atoms with E-state index in [0.717, 1.165) is 28.0 Å². The molecule has 0 amide bonds. The zero-order valence-electron chi connectivity index (χ0n) is 12.6. The summed E-state index contributed by atoms with van der Waals surface area (Å²) in [6.45, 7) is 0.573. The van der Waals surface area contributed by atoms with Crippen LogP contribution in [0.2, 0.25) is 0 Å². The summed E-state index contributed by atoms with van der Waals surface area (Å²) in [5, 5.41) is 29.0. The monoisotopic (exact) mass is 304 g/mol. The third kappa shape index (κ3) is 2.50. The second-order valence-electron chi connectivity index (χ2n) is 5.85. The van der Waals surface area contributed by atoms with Crippen LogP contribution in [0.5, 0.6) is 0 Å². The van der Waals surface area contributed by atoms with E-state index < -0.39 is 0 Å². The largest absolute Gasteiger partial charge is 0.376 e. The Morgan fingerprint density at radius 2 is 2.13 bits per heavy atom. The van der Waals surface area contributed by atoms with Crippen LogP contribution in [-0.2, 0) is 6.54 Å². The maximum atomic E-state index is 9.28. The van der Waals surface area contributed by atoms with Crippen molar-refractivity contribution in [3.05, 3.63) is 47.4 Å². The van der Waals surface area contributed by atoms with Crippen LogP contribution in [-0.4, -0.2) is 20.4 Å². The number of benzene rings is 1. The molecule has 0 radical (unpaired) electrons. The molecule has 0 aliphatic heterocycles. The zero-order valence-corrected chi connectivity index (χ0v) is 12.6. The minimum Gasteiger partial charge on any atom is -0.376 e. The van der Waals surface area contributed by atoms with E-state index in [-0.39, 0.29) is 0 Å². The molecule has 0 saturated heterocycles. The molecule has 0 spiro atoms. The van der Waals surface area contributed by atoms with E-state index in [0.29, 0.717) is 18.2 Å². The molecular weight excluding hydrogens is 288 g/mol. The van der Waals surface area contributed by atoms with E-state index in [1.54, 1.807) is 0 Å². The lowest BCUT2D eigenvalue weighted by Gasteiger charge is -2.22. The number of hydrogen-bond donors (Lipinski definition) is 2. The number of nitrogens with zero attached hydrogens (tertiary/aromatic N) is 4. The molecule has 2 heterocycles. The first-order valence-electron chi connectivity index (χ1n) is 7.79. The normalized spacial score (nSPS) is 14.4. The first-order chi connectivity index (χ1) is 11.3. The molecule has 1 fully saturated rings. The average molecular weight is 304 g/mol. The Kier molecular flexibility index (Phi) is 3.39. The minimum atomic E-state index is 0.308. The fraction of sp³-hybridized carbons (Fsp3) is 0.294. The van der Waals surface area contributed by atoms with Crippen LogP contribution in [0.1, 0.15) is 42.3 Å². The number of hydrogen-bond acceptors (Lipinski definition) is 5. The van der Waals surface area contributed by atoms with E-state index in [9.17, 15) is 5.26 Å². The summed E-state index contributed by atoms with van der Waals surface area (Å²) < 4.78 is 0. The van der Waals surface area contributed by atoms with Crippen molar-refractivity contribution in [1.29, 1.82) is 5.26 Å². The fourth-order valence-electron chi connectivity index (χ4n) is 2.88. The van der Waals surface area contributed by atoms with Crippen LogP contribution >= 0.6 is 0 Å². The van der Waals surface area contributed by atoms with Crippen molar-refractivity contribution < 1.29 is 0 Å². The Labute approximate surface area is 133 Å². The van der Waals surface area contributed by atoms with Gasteiger partial charge in [-0.2, -0.15) is 10.4 Å². The molecule has 3 aromatic rings. The predicted octanol–water partition coefficient (Wildman–Crippen LogP) is 3.10. The van der Waals surface area contributed by atoms with E-state index in [1.165, 1.54) is 19.3 Å². The van der Waals surface area contributed by atoms with Gasteiger partial charge in [-0.15, -0.1) is 10.2 Å². The lowest BCUT2D eigenvalue weighted by atomic mass is 9.83. The zero-order chi connectivity index (χ0) is 15.6. The molecule has 114 valence electrons. The molecule has 0 atom stereocenters. The number of fused-ring (bicyclic) bond motifs is 1. The van der Waals surface area contributed by atoms with E-state index in [1.807, 2.05) is 24.3 Å². The highest BCUT2D eigenvalue weighted by Crippen LogP contribution is 2.35. The van der Waals surface area contributed by atoms with Gasteiger partial charge in [-0.1, -0.05) is 24.6 Å². The van der Waals surface area contributed by atoms with E-state index in [2.05, 4.69) is 37.8 Å². The summed E-state index contributed by atoms with van der Waals surface area (Å²) >= 11 is 0. The second kappa shape index (κ2) is 5.69. The van der Waals surface area contributed by atoms with Crippen LogP contribution in [0.25, 0.3) is 10.9 Å². The van der Waals surface area contributed by atoms with E-state index in [4.69, 9.17) is 0 Å². The van der Waals surface area contributed by atoms with Gasteiger partial charge in [-0.05, 0) is 25.0 Å². The van der Waals surface area contributed by atoms with Crippen LogP contribution in [0.4, 0.5) is 5.69 Å². The van der Waals surface area contributed by atoms with Gasteiger partial charge in [0.1, 0.15) is 6.07 Å². The van der Waals surface area contributed by atoms with Crippen molar-refractivity contribution in [1.82, 2.24) is 20.4 Å². The topological polar surface area (TPSA) is 90.3 Å². The molecule has 0 unspecified atom stereocenters. The first-order valence-corrected chi connectivity index (χ1v) is 7.79. The van der Waals surface area contributed by atoms with Crippen LogP contribution in [0.3, 0.4) is 0 Å². The lowest BCUT2D eigenvalue weighted by Crippen LogP contribution is -2.08. The molecular formula is C17H16N6. The number of nitriles is 1. The number of rotatable bonds is 4. The van der Waals surface area contributed by atoms with Crippen LogP contribution < -0.4 is 5.32 Å². The molecule has 6 heteroatoms. The van der Waals surface area contributed by atoms with Gasteiger partial charge >= 0.3 is 0 Å². The molecule has 1 aromatic carbocycles. The van der Waals surface area contributed by atoms with Gasteiger partial charge in [0.25, 0.3) is 0 Å². The van der Waals surface area contributed by atoms with Crippen molar-refractivity contribution in [3.63, 3.8) is 0 Å². The maximum absolute atomic E-state index is 9.28. The second-order valence-corrected chi connectivity index (χ2v) is 5.85. The molecule has 1 aliphatic rings. The van der Waals surface area contributed by atoms with Crippen molar-refractivity contribution in [2.75, 3.05) is 5.32 Å². The van der Waals surface area contributed by atoms with Crippen molar-refractivity contribution in [2.24, 2.45) is 0 Å². The minimum absolute atomic E-state index is 0.308. The van der Waals surface area contributed by atoms with Crippen molar-refractivity contribution in [3.8, 4) is 6.07 Å². The van der Waals surface area contributed by atoms with Gasteiger partial charge in [0.05, 0.1) is 29.1 Å². The Morgan fingerprint density at radius 3 is 2.91 bits per heavy atom. The van der Waals surface area contributed by atoms with Crippen LogP contribution in [0.15, 0.2) is 30.3 Å². The van der Waals surface area contributed by atoms with Gasteiger partial charge in [-0.3, -0.25) is 5.10 Å². The number of anilines is 1. The SMILES string of the molecule is N#Cc1nnc2ccccc2c1NCc1cc(C2CCC2)n[nH]1. The summed E-state index contributed by atoms with van der Waals surface area (Å²) in [4.78, 5) is 0. The molecule has 1 saturated carbocycles. The summed E-state index contributed by atoms with van der Waals surface area (Å²) in [5.41, 5.74) is 3.96. The number of H-pyrrole nitrogens is 1. The standard InChI is InChI=1S/C17H16N6/c18-9-16-17(13-6-1-2-7-14(13)21-23-16)19-10-12-8-15(22-20-12)11-4-3-5-11/h1-2,6-8,11H,3-5,10H2,(H,19,21)(H,20,22). The third-order valence-corrected chi connectivity index (χ3v) is 4.40. The van der Waals surface area contributed by atoms with Gasteiger partial charge in [0.2, 0.25) is 0 Å². The highest BCUT2D eigenvalue weighted by atomic mass is 15.1. The summed E-state index contributed by atoms with van der Waals surface area (Å²) in [6, 6.07) is 11.9. The van der Waals surface area contributed by atoms with Gasteiger partial charge < -0.3 is 5.32 Å². The molecule has 2 aromatic heterocycles. The molecule has 0 bridgehead atoms. The first kappa shape index (κ1) is 13.7. The number of aromatic nitrogens is 4. The molecule has 4 rings (SSSR count). The van der Waals surface area contributed by atoms with Crippen LogP contribution in [0, 0.1) is 11.3 Å². The molecule has 6 nitrogen and oxygen atoms in total. The molecule has 2 N–H and O–H groups in total. The average Bonchev–Trinajstić information content (AvgIpc) is 2.99. The van der Waals surface area contributed by atoms with Crippen molar-refractivity contribution >= 4 is 16.6 Å². The molecule has 23 heavy (non-hydrogen) atoms. The lowest BCUT2D eigenvalue weighted by molar-refractivity contribution is 0.410. The maximum Gasteiger partial charge on any atom is 0.186 e.